The van der Waals surface area contributed by atoms with Crippen molar-refractivity contribution in [2.75, 3.05) is 6.54 Å². The molecule has 0 heterocycles. The van der Waals surface area contributed by atoms with Gasteiger partial charge in [-0.25, -0.2) is 0 Å². The van der Waals surface area contributed by atoms with Gasteiger partial charge in [-0.3, -0.25) is 0 Å². The van der Waals surface area contributed by atoms with E-state index in [9.17, 15) is 3.74 Å². The second-order valence-electron chi connectivity index (χ2n) is 3.39. The molecule has 0 aromatic heterocycles. The zero-order chi connectivity index (χ0) is 11.4. The van der Waals surface area contributed by atoms with Crippen LogP contribution in [0.5, 0.6) is 0 Å². The zero-order valence-corrected chi connectivity index (χ0v) is 11.2. The standard InChI is InChI=1S/C8H19N.CH5AsO3/c1-2-3-4-5-6-7-8-9;1-2(3,4)5/h2-9H2,1H3;1H3,(H2,3,4,5). The summed E-state index contributed by atoms with van der Waals surface area (Å²) in [6.45, 7) is 3.11. The van der Waals surface area contributed by atoms with Crippen LogP contribution in [0.3, 0.4) is 0 Å². The summed E-state index contributed by atoms with van der Waals surface area (Å²) in [5, 5.41) is 0. The molecule has 4 nitrogen and oxygen atoms in total. The molecule has 0 rings (SSSR count). The fraction of sp³-hybridized carbons (Fsp3) is 1.00. The van der Waals surface area contributed by atoms with Crippen LogP contribution in [0.15, 0.2) is 0 Å². The molecular formula is C9H24AsNO3. The van der Waals surface area contributed by atoms with Gasteiger partial charge in [-0.15, -0.1) is 0 Å². The van der Waals surface area contributed by atoms with Gasteiger partial charge in [0.2, 0.25) is 0 Å². The summed E-state index contributed by atoms with van der Waals surface area (Å²) in [7, 11) is 0. The molecule has 14 heavy (non-hydrogen) atoms. The first-order valence-electron chi connectivity index (χ1n) is 5.15. The molecule has 88 valence electrons. The van der Waals surface area contributed by atoms with Crippen molar-refractivity contribution in [2.24, 2.45) is 5.73 Å². The van der Waals surface area contributed by atoms with E-state index in [4.69, 9.17) is 13.9 Å². The molecule has 0 bridgehead atoms. The first-order valence-corrected chi connectivity index (χ1v) is 9.47. The third kappa shape index (κ3) is 39.7. The predicted molar refractivity (Wildman–Crippen MR) is 59.2 cm³/mol. The monoisotopic (exact) mass is 269 g/mol. The molecule has 0 aromatic rings. The minimum atomic E-state index is -4.12. The molecule has 0 aliphatic heterocycles. The fourth-order valence-electron chi connectivity index (χ4n) is 0.925. The maximum atomic E-state index is 9.39. The first kappa shape index (κ1) is 16.7. The minimum absolute atomic E-state index is 0.867. The summed E-state index contributed by atoms with van der Waals surface area (Å²) >= 11 is -4.12. The van der Waals surface area contributed by atoms with Crippen LogP contribution >= 0.6 is 0 Å². The van der Waals surface area contributed by atoms with Gasteiger partial charge in [-0.1, -0.05) is 39.0 Å². The van der Waals surface area contributed by atoms with Gasteiger partial charge in [-0.2, -0.15) is 0 Å². The van der Waals surface area contributed by atoms with E-state index >= 15 is 0 Å². The van der Waals surface area contributed by atoms with Crippen LogP contribution in [-0.4, -0.2) is 28.9 Å². The summed E-state index contributed by atoms with van der Waals surface area (Å²) in [5.41, 5.74) is 6.26. The van der Waals surface area contributed by atoms with Gasteiger partial charge in [0, 0.05) is 0 Å². The number of hydrogen-bond donors (Lipinski definition) is 3. The summed E-state index contributed by atoms with van der Waals surface area (Å²) in [5.74, 6) is 0. The molecule has 0 unspecified atom stereocenters. The molecule has 0 saturated carbocycles. The average Bonchev–Trinajstić information content (AvgIpc) is 2.01. The topological polar surface area (TPSA) is 83.6 Å². The molecule has 0 atom stereocenters. The van der Waals surface area contributed by atoms with Crippen molar-refractivity contribution in [1.29, 1.82) is 0 Å². The third-order valence-electron chi connectivity index (χ3n) is 1.56. The second kappa shape index (κ2) is 11.3. The van der Waals surface area contributed by atoms with E-state index in [-0.39, 0.29) is 0 Å². The van der Waals surface area contributed by atoms with E-state index in [0.717, 1.165) is 12.3 Å². The van der Waals surface area contributed by atoms with Crippen LogP contribution in [0, 0.1) is 0 Å². The molecule has 5 heteroatoms. The van der Waals surface area contributed by atoms with Crippen LogP contribution in [0.2, 0.25) is 5.71 Å². The molecule has 0 amide bonds. The van der Waals surface area contributed by atoms with E-state index in [1.807, 2.05) is 0 Å². The first-order chi connectivity index (χ1) is 6.41. The molecule has 0 saturated heterocycles. The Labute approximate surface area is 89.9 Å². The Hall–Kier alpha value is 0.238. The van der Waals surface area contributed by atoms with E-state index in [1.54, 1.807) is 0 Å². The van der Waals surface area contributed by atoms with Gasteiger partial charge in [0.1, 0.15) is 0 Å². The van der Waals surface area contributed by atoms with Crippen molar-refractivity contribution in [3.05, 3.63) is 0 Å². The Bertz CT molecular complexity index is 133. The van der Waals surface area contributed by atoms with Crippen molar-refractivity contribution in [3.63, 3.8) is 0 Å². The molecule has 0 aromatic carbocycles. The average molecular weight is 269 g/mol. The zero-order valence-electron chi connectivity index (χ0n) is 9.28. The molecular weight excluding hydrogens is 245 g/mol. The fourth-order valence-corrected chi connectivity index (χ4v) is 0.925. The van der Waals surface area contributed by atoms with Crippen molar-refractivity contribution >= 4 is 14.2 Å². The molecule has 0 radical (unpaired) electrons. The third-order valence-corrected chi connectivity index (χ3v) is 1.56. The number of hydrogen-bond acceptors (Lipinski definition) is 2. The molecule has 4 N–H and O–H groups in total. The normalized spacial score (nSPS) is 10.6. The number of unbranched alkanes of at least 4 members (excludes halogenated alkanes) is 5. The van der Waals surface area contributed by atoms with Gasteiger partial charge >= 0.3 is 31.8 Å². The summed E-state index contributed by atoms with van der Waals surface area (Å²) in [4.78, 5) is 0. The van der Waals surface area contributed by atoms with Crippen LogP contribution in [0.1, 0.15) is 45.4 Å². The summed E-state index contributed by atoms with van der Waals surface area (Å²) < 4.78 is 24.8. The van der Waals surface area contributed by atoms with Crippen molar-refractivity contribution in [2.45, 2.75) is 51.2 Å². The van der Waals surface area contributed by atoms with Crippen molar-refractivity contribution in [1.82, 2.24) is 0 Å². The van der Waals surface area contributed by atoms with E-state index < -0.39 is 14.2 Å². The Morgan fingerprint density at radius 1 is 1.07 bits per heavy atom. The van der Waals surface area contributed by atoms with Crippen LogP contribution in [0.4, 0.5) is 0 Å². The Morgan fingerprint density at radius 2 is 1.43 bits per heavy atom. The van der Waals surface area contributed by atoms with Crippen LogP contribution < -0.4 is 5.73 Å². The molecule has 0 aliphatic rings. The quantitative estimate of drug-likeness (QED) is 0.501. The van der Waals surface area contributed by atoms with Gasteiger partial charge < -0.3 is 5.73 Å². The van der Waals surface area contributed by atoms with Crippen LogP contribution in [0.25, 0.3) is 0 Å². The number of rotatable bonds is 6. The van der Waals surface area contributed by atoms with E-state index in [0.29, 0.717) is 0 Å². The molecule has 0 spiro atoms. The molecule has 0 aliphatic carbocycles. The number of nitrogens with two attached hydrogens (primary N) is 1. The second-order valence-corrected chi connectivity index (χ2v) is 6.90. The van der Waals surface area contributed by atoms with Gasteiger partial charge in [-0.05, 0) is 13.0 Å². The Kier molecular flexibility index (Phi) is 13.5. The molecule has 0 fully saturated rings. The van der Waals surface area contributed by atoms with E-state index in [1.165, 1.54) is 38.5 Å². The predicted octanol–water partition coefficient (Wildman–Crippen LogP) is 1.28. The van der Waals surface area contributed by atoms with Gasteiger partial charge in [0.05, 0.1) is 0 Å². The van der Waals surface area contributed by atoms with Crippen molar-refractivity contribution < 1.29 is 11.9 Å². The Morgan fingerprint density at radius 3 is 1.79 bits per heavy atom. The maximum absolute atomic E-state index is 9.39. The van der Waals surface area contributed by atoms with Crippen LogP contribution in [-0.2, 0) is 3.74 Å². The summed E-state index contributed by atoms with van der Waals surface area (Å²) in [6, 6.07) is 0. The van der Waals surface area contributed by atoms with E-state index in [2.05, 4.69) is 6.92 Å². The Balaban J connectivity index is 0. The summed E-state index contributed by atoms with van der Waals surface area (Å²) in [6.07, 6.45) is 8.05. The van der Waals surface area contributed by atoms with Gasteiger partial charge in [0.15, 0.2) is 0 Å². The SMILES string of the molecule is CCCCCCCCN.C[As](=O)(O)O. The van der Waals surface area contributed by atoms with Gasteiger partial charge in [0.25, 0.3) is 0 Å². The van der Waals surface area contributed by atoms with Crippen molar-refractivity contribution in [3.8, 4) is 0 Å².